The SMILES string of the molecule is CN=C(NCCCC(=O)N1CCc2ccccc21)N1CCC(N2CCCC2)C1. The van der Waals surface area contributed by atoms with Gasteiger partial charge in [0, 0.05) is 51.4 Å². The van der Waals surface area contributed by atoms with Gasteiger partial charge in [-0.3, -0.25) is 14.7 Å². The van der Waals surface area contributed by atoms with Crippen molar-refractivity contribution in [3.8, 4) is 0 Å². The Morgan fingerprint density at radius 3 is 2.82 bits per heavy atom. The molecule has 1 aromatic carbocycles. The Labute approximate surface area is 168 Å². The monoisotopic (exact) mass is 383 g/mol. The molecular weight excluding hydrogens is 350 g/mol. The van der Waals surface area contributed by atoms with Gasteiger partial charge >= 0.3 is 0 Å². The second kappa shape index (κ2) is 8.95. The molecule has 3 aliphatic heterocycles. The first kappa shape index (κ1) is 19.2. The summed E-state index contributed by atoms with van der Waals surface area (Å²) in [4.78, 5) is 24.1. The summed E-state index contributed by atoms with van der Waals surface area (Å²) in [6.07, 6.45) is 6.31. The van der Waals surface area contributed by atoms with E-state index in [1.54, 1.807) is 0 Å². The molecule has 1 N–H and O–H groups in total. The van der Waals surface area contributed by atoms with Crippen molar-refractivity contribution in [2.24, 2.45) is 4.99 Å². The third-order valence-electron chi connectivity index (χ3n) is 6.37. The van der Waals surface area contributed by atoms with E-state index in [-0.39, 0.29) is 5.91 Å². The van der Waals surface area contributed by atoms with Crippen LogP contribution in [0, 0.1) is 0 Å². The van der Waals surface area contributed by atoms with Crippen molar-refractivity contribution in [1.29, 1.82) is 0 Å². The molecule has 0 aromatic heterocycles. The topological polar surface area (TPSA) is 51.2 Å². The molecule has 1 unspecified atom stereocenters. The summed E-state index contributed by atoms with van der Waals surface area (Å²) in [5.74, 6) is 1.22. The van der Waals surface area contributed by atoms with Gasteiger partial charge in [-0.15, -0.1) is 0 Å². The summed E-state index contributed by atoms with van der Waals surface area (Å²) >= 11 is 0. The maximum Gasteiger partial charge on any atom is 0.227 e. The predicted octanol–water partition coefficient (Wildman–Crippen LogP) is 2.10. The van der Waals surface area contributed by atoms with E-state index in [1.807, 2.05) is 18.0 Å². The summed E-state index contributed by atoms with van der Waals surface area (Å²) in [7, 11) is 1.86. The first-order valence-electron chi connectivity index (χ1n) is 10.8. The molecule has 2 saturated heterocycles. The van der Waals surface area contributed by atoms with E-state index in [4.69, 9.17) is 0 Å². The number of benzene rings is 1. The molecule has 3 heterocycles. The van der Waals surface area contributed by atoms with Gasteiger partial charge in [-0.2, -0.15) is 0 Å². The second-order valence-corrected chi connectivity index (χ2v) is 8.13. The zero-order valence-corrected chi connectivity index (χ0v) is 17.1. The van der Waals surface area contributed by atoms with E-state index in [9.17, 15) is 4.79 Å². The van der Waals surface area contributed by atoms with Crippen molar-refractivity contribution < 1.29 is 4.79 Å². The van der Waals surface area contributed by atoms with Crippen LogP contribution in [0.15, 0.2) is 29.3 Å². The lowest BCUT2D eigenvalue weighted by Crippen LogP contribution is -2.43. The molecule has 0 radical (unpaired) electrons. The average molecular weight is 384 g/mol. The van der Waals surface area contributed by atoms with Gasteiger partial charge in [0.1, 0.15) is 0 Å². The minimum atomic E-state index is 0.233. The highest BCUT2D eigenvalue weighted by atomic mass is 16.2. The standard InChI is InChI=1S/C22H33N5O/c1-23-22(26-15-11-19(17-26)25-13-4-5-14-25)24-12-6-9-21(28)27-16-10-18-7-2-3-8-20(18)27/h2-3,7-8,19H,4-6,9-17H2,1H3,(H,23,24). The van der Waals surface area contributed by atoms with Gasteiger partial charge in [0.25, 0.3) is 0 Å². The predicted molar refractivity (Wildman–Crippen MR) is 114 cm³/mol. The van der Waals surface area contributed by atoms with Crippen molar-refractivity contribution >= 4 is 17.6 Å². The number of guanidine groups is 1. The fourth-order valence-corrected chi connectivity index (χ4v) is 4.84. The number of fused-ring (bicyclic) bond motifs is 1. The largest absolute Gasteiger partial charge is 0.356 e. The Hall–Kier alpha value is -2.08. The Bertz CT molecular complexity index is 713. The van der Waals surface area contributed by atoms with Crippen LogP contribution >= 0.6 is 0 Å². The summed E-state index contributed by atoms with van der Waals surface area (Å²) in [5, 5.41) is 3.47. The molecule has 0 bridgehead atoms. The van der Waals surface area contributed by atoms with Gasteiger partial charge < -0.3 is 15.1 Å². The van der Waals surface area contributed by atoms with Crippen LogP contribution in [-0.4, -0.2) is 74.0 Å². The summed E-state index contributed by atoms with van der Waals surface area (Å²) in [5.41, 5.74) is 2.39. The van der Waals surface area contributed by atoms with Crippen LogP contribution in [0.5, 0.6) is 0 Å². The van der Waals surface area contributed by atoms with E-state index in [1.165, 1.54) is 37.9 Å². The number of anilines is 1. The molecule has 1 amide bonds. The van der Waals surface area contributed by atoms with Crippen LogP contribution in [0.25, 0.3) is 0 Å². The van der Waals surface area contributed by atoms with E-state index in [0.717, 1.165) is 50.7 Å². The number of hydrogen-bond acceptors (Lipinski definition) is 3. The molecule has 4 rings (SSSR count). The van der Waals surface area contributed by atoms with Gasteiger partial charge in [-0.25, -0.2) is 0 Å². The number of rotatable bonds is 5. The molecule has 152 valence electrons. The number of aliphatic imine (C=N–C) groups is 1. The van der Waals surface area contributed by atoms with E-state index < -0.39 is 0 Å². The lowest BCUT2D eigenvalue weighted by molar-refractivity contribution is -0.118. The molecule has 6 nitrogen and oxygen atoms in total. The van der Waals surface area contributed by atoms with Gasteiger partial charge in [-0.05, 0) is 56.8 Å². The van der Waals surface area contributed by atoms with Crippen LogP contribution in [0.4, 0.5) is 5.69 Å². The molecule has 3 aliphatic rings. The van der Waals surface area contributed by atoms with Gasteiger partial charge in [0.15, 0.2) is 5.96 Å². The van der Waals surface area contributed by atoms with Gasteiger partial charge in [-0.1, -0.05) is 18.2 Å². The van der Waals surface area contributed by atoms with Crippen molar-refractivity contribution in [2.75, 3.05) is 51.2 Å². The molecule has 0 aliphatic carbocycles. The van der Waals surface area contributed by atoms with Crippen LogP contribution in [0.1, 0.15) is 37.7 Å². The number of amides is 1. The Morgan fingerprint density at radius 1 is 1.18 bits per heavy atom. The third-order valence-corrected chi connectivity index (χ3v) is 6.37. The highest BCUT2D eigenvalue weighted by Crippen LogP contribution is 2.28. The number of para-hydroxylation sites is 1. The zero-order valence-electron chi connectivity index (χ0n) is 17.1. The molecule has 2 fully saturated rings. The molecule has 1 aromatic rings. The second-order valence-electron chi connectivity index (χ2n) is 8.13. The number of carbonyl (C=O) groups is 1. The fraction of sp³-hybridized carbons (Fsp3) is 0.636. The molecule has 6 heteroatoms. The normalized spacial score (nSPS) is 22.8. The Kier molecular flexibility index (Phi) is 6.15. The fourth-order valence-electron chi connectivity index (χ4n) is 4.84. The summed E-state index contributed by atoms with van der Waals surface area (Å²) < 4.78 is 0. The van der Waals surface area contributed by atoms with E-state index >= 15 is 0 Å². The number of likely N-dealkylation sites (tertiary alicyclic amines) is 2. The van der Waals surface area contributed by atoms with Crippen LogP contribution in [0.2, 0.25) is 0 Å². The maximum absolute atomic E-state index is 12.6. The quantitative estimate of drug-likeness (QED) is 0.481. The van der Waals surface area contributed by atoms with Gasteiger partial charge in [0.2, 0.25) is 5.91 Å². The van der Waals surface area contributed by atoms with Crippen molar-refractivity contribution in [3.05, 3.63) is 29.8 Å². The van der Waals surface area contributed by atoms with E-state index in [2.05, 4.69) is 38.3 Å². The lowest BCUT2D eigenvalue weighted by atomic mass is 10.2. The molecule has 0 saturated carbocycles. The number of nitrogens with zero attached hydrogens (tertiary/aromatic N) is 4. The summed E-state index contributed by atoms with van der Waals surface area (Å²) in [6.45, 7) is 6.27. The number of carbonyl (C=O) groups excluding carboxylic acids is 1. The highest BCUT2D eigenvalue weighted by Gasteiger charge is 2.30. The smallest absolute Gasteiger partial charge is 0.227 e. The maximum atomic E-state index is 12.6. The van der Waals surface area contributed by atoms with Crippen molar-refractivity contribution in [2.45, 2.75) is 44.6 Å². The van der Waals surface area contributed by atoms with Crippen molar-refractivity contribution in [1.82, 2.24) is 15.1 Å². The molecular formula is C22H33N5O. The molecule has 28 heavy (non-hydrogen) atoms. The van der Waals surface area contributed by atoms with Crippen molar-refractivity contribution in [3.63, 3.8) is 0 Å². The number of hydrogen-bond donors (Lipinski definition) is 1. The van der Waals surface area contributed by atoms with E-state index in [0.29, 0.717) is 12.5 Å². The Morgan fingerprint density at radius 2 is 2.00 bits per heavy atom. The van der Waals surface area contributed by atoms with Crippen LogP contribution in [0.3, 0.4) is 0 Å². The lowest BCUT2D eigenvalue weighted by Gasteiger charge is -2.25. The first-order valence-corrected chi connectivity index (χ1v) is 10.8. The minimum absolute atomic E-state index is 0.233. The minimum Gasteiger partial charge on any atom is -0.356 e. The summed E-state index contributed by atoms with van der Waals surface area (Å²) in [6, 6.07) is 8.93. The average Bonchev–Trinajstić information content (AvgIpc) is 3.47. The van der Waals surface area contributed by atoms with Crippen LogP contribution < -0.4 is 10.2 Å². The van der Waals surface area contributed by atoms with Crippen LogP contribution in [-0.2, 0) is 11.2 Å². The highest BCUT2D eigenvalue weighted by molar-refractivity contribution is 5.95. The molecule has 1 atom stereocenters. The first-order chi connectivity index (χ1) is 13.8. The Balaban J connectivity index is 1.20. The van der Waals surface area contributed by atoms with Gasteiger partial charge in [0.05, 0.1) is 0 Å². The molecule has 0 spiro atoms. The number of nitrogens with one attached hydrogen (secondary N) is 1. The zero-order chi connectivity index (χ0) is 19.3. The third kappa shape index (κ3) is 4.17.